The molecule has 126 valence electrons. The number of hydrogen-bond donors (Lipinski definition) is 1. The Balaban J connectivity index is 1.57. The number of hydrogen-bond acceptors (Lipinski definition) is 5. The number of benzene rings is 1. The molecular formula is C18H22N4O2. The first-order valence-electron chi connectivity index (χ1n) is 8.20. The number of amides is 1. The summed E-state index contributed by atoms with van der Waals surface area (Å²) in [5.74, 6) is 1.36. The molecule has 1 atom stereocenters. The molecule has 1 aliphatic heterocycles. The van der Waals surface area contributed by atoms with Crippen molar-refractivity contribution in [2.24, 2.45) is 5.92 Å². The highest BCUT2D eigenvalue weighted by atomic mass is 16.5. The van der Waals surface area contributed by atoms with Crippen LogP contribution in [0.3, 0.4) is 0 Å². The normalized spacial score (nSPS) is 17.4. The summed E-state index contributed by atoms with van der Waals surface area (Å²) < 4.78 is 5.03. The van der Waals surface area contributed by atoms with Gasteiger partial charge < -0.3 is 15.0 Å². The van der Waals surface area contributed by atoms with Gasteiger partial charge in [-0.25, -0.2) is 0 Å². The van der Waals surface area contributed by atoms with Gasteiger partial charge in [0.1, 0.15) is 0 Å². The smallest absolute Gasteiger partial charge is 0.233 e. The lowest BCUT2D eigenvalue weighted by molar-refractivity contribution is -0.125. The third-order valence-corrected chi connectivity index (χ3v) is 4.26. The van der Waals surface area contributed by atoms with Gasteiger partial charge in [-0.15, -0.1) is 10.2 Å². The molecule has 1 aromatic heterocycles. The molecule has 0 radical (unpaired) electrons. The number of carbonyl (C=O) groups excluding carboxylic acids is 1. The van der Waals surface area contributed by atoms with Crippen LogP contribution in [-0.2, 0) is 11.3 Å². The predicted octanol–water partition coefficient (Wildman–Crippen LogP) is 2.02. The highest BCUT2D eigenvalue weighted by Crippen LogP contribution is 2.22. The summed E-state index contributed by atoms with van der Waals surface area (Å²) in [5, 5.41) is 11.2. The molecule has 0 bridgehead atoms. The van der Waals surface area contributed by atoms with Crippen LogP contribution in [0.1, 0.15) is 18.4 Å². The molecule has 0 aliphatic carbocycles. The van der Waals surface area contributed by atoms with Crippen molar-refractivity contribution < 1.29 is 9.53 Å². The van der Waals surface area contributed by atoms with Crippen molar-refractivity contribution >= 4 is 11.7 Å². The first-order chi connectivity index (χ1) is 11.8. The Morgan fingerprint density at radius 3 is 2.79 bits per heavy atom. The molecule has 6 nitrogen and oxygen atoms in total. The van der Waals surface area contributed by atoms with E-state index in [2.05, 4.69) is 20.4 Å². The van der Waals surface area contributed by atoms with Crippen LogP contribution in [0.25, 0.3) is 0 Å². The van der Waals surface area contributed by atoms with E-state index in [0.29, 0.717) is 19.0 Å². The van der Waals surface area contributed by atoms with Crippen molar-refractivity contribution in [1.82, 2.24) is 15.5 Å². The highest BCUT2D eigenvalue weighted by molar-refractivity contribution is 5.79. The zero-order chi connectivity index (χ0) is 16.8. The average Bonchev–Trinajstić information content (AvgIpc) is 2.67. The van der Waals surface area contributed by atoms with Crippen LogP contribution in [0.4, 0.5) is 5.82 Å². The third kappa shape index (κ3) is 4.01. The highest BCUT2D eigenvalue weighted by Gasteiger charge is 2.26. The molecule has 2 aromatic rings. The van der Waals surface area contributed by atoms with Crippen molar-refractivity contribution in [3.05, 3.63) is 48.0 Å². The fourth-order valence-electron chi connectivity index (χ4n) is 2.92. The Hall–Kier alpha value is -2.63. The fourth-order valence-corrected chi connectivity index (χ4v) is 2.92. The lowest BCUT2D eigenvalue weighted by Gasteiger charge is -2.32. The second-order valence-electron chi connectivity index (χ2n) is 5.92. The number of aromatic nitrogens is 2. The maximum absolute atomic E-state index is 12.5. The second-order valence-corrected chi connectivity index (χ2v) is 5.92. The van der Waals surface area contributed by atoms with E-state index < -0.39 is 0 Å². The van der Waals surface area contributed by atoms with Crippen LogP contribution in [0.5, 0.6) is 5.88 Å². The SMILES string of the molecule is COc1ccc(N2CCC[C@H](C(=O)NCc3ccccc3)C2)nn1. The maximum atomic E-state index is 12.5. The molecule has 1 saturated heterocycles. The number of methoxy groups -OCH3 is 1. The van der Waals surface area contributed by atoms with Crippen LogP contribution in [-0.4, -0.2) is 36.3 Å². The predicted molar refractivity (Wildman–Crippen MR) is 91.8 cm³/mol. The molecule has 1 aliphatic rings. The van der Waals surface area contributed by atoms with E-state index in [-0.39, 0.29) is 11.8 Å². The number of piperidine rings is 1. The van der Waals surface area contributed by atoms with E-state index in [1.807, 2.05) is 36.4 Å². The Morgan fingerprint density at radius 2 is 2.08 bits per heavy atom. The van der Waals surface area contributed by atoms with Gasteiger partial charge in [-0.3, -0.25) is 4.79 Å². The number of nitrogens with zero attached hydrogens (tertiary/aromatic N) is 3. The second kappa shape index (κ2) is 7.77. The van der Waals surface area contributed by atoms with Crippen molar-refractivity contribution in [2.75, 3.05) is 25.1 Å². The van der Waals surface area contributed by atoms with Gasteiger partial charge in [0, 0.05) is 25.7 Å². The van der Waals surface area contributed by atoms with E-state index >= 15 is 0 Å². The number of ether oxygens (including phenoxy) is 1. The van der Waals surface area contributed by atoms with Crippen LogP contribution in [0, 0.1) is 5.92 Å². The van der Waals surface area contributed by atoms with Gasteiger partial charge in [-0.1, -0.05) is 30.3 Å². The molecule has 6 heteroatoms. The van der Waals surface area contributed by atoms with Crippen molar-refractivity contribution in [3.8, 4) is 5.88 Å². The molecule has 24 heavy (non-hydrogen) atoms. The Labute approximate surface area is 141 Å². The summed E-state index contributed by atoms with van der Waals surface area (Å²) in [4.78, 5) is 14.6. The molecule has 0 unspecified atom stereocenters. The van der Waals surface area contributed by atoms with Gasteiger partial charge in [-0.05, 0) is 24.5 Å². The van der Waals surface area contributed by atoms with Gasteiger partial charge in [0.05, 0.1) is 13.0 Å². The summed E-state index contributed by atoms with van der Waals surface area (Å²) in [6, 6.07) is 13.6. The monoisotopic (exact) mass is 326 g/mol. The molecular weight excluding hydrogens is 304 g/mol. The zero-order valence-electron chi connectivity index (χ0n) is 13.8. The lowest BCUT2D eigenvalue weighted by atomic mass is 9.97. The molecule has 2 heterocycles. The van der Waals surface area contributed by atoms with Crippen molar-refractivity contribution in [2.45, 2.75) is 19.4 Å². The zero-order valence-corrected chi connectivity index (χ0v) is 13.8. The van der Waals surface area contributed by atoms with Crippen LogP contribution >= 0.6 is 0 Å². The van der Waals surface area contributed by atoms with Crippen molar-refractivity contribution in [1.29, 1.82) is 0 Å². The Morgan fingerprint density at radius 1 is 1.25 bits per heavy atom. The summed E-state index contributed by atoms with van der Waals surface area (Å²) in [7, 11) is 1.57. The Kier molecular flexibility index (Phi) is 5.25. The first kappa shape index (κ1) is 16.2. The minimum atomic E-state index is -0.0219. The summed E-state index contributed by atoms with van der Waals surface area (Å²) in [6.07, 6.45) is 1.87. The molecule has 0 spiro atoms. The average molecular weight is 326 g/mol. The van der Waals surface area contributed by atoms with E-state index in [9.17, 15) is 4.79 Å². The minimum Gasteiger partial charge on any atom is -0.480 e. The fraction of sp³-hybridized carbons (Fsp3) is 0.389. The standard InChI is InChI=1S/C18H22N4O2/c1-24-17-10-9-16(20-21-17)22-11-5-8-15(13-22)18(23)19-12-14-6-3-2-4-7-14/h2-4,6-7,9-10,15H,5,8,11-13H2,1H3,(H,19,23)/t15-/m0/s1. The van der Waals surface area contributed by atoms with Gasteiger partial charge in [0.15, 0.2) is 5.82 Å². The lowest BCUT2D eigenvalue weighted by Crippen LogP contribution is -2.43. The van der Waals surface area contributed by atoms with Gasteiger partial charge in [0.2, 0.25) is 11.8 Å². The molecule has 1 fully saturated rings. The molecule has 1 N–H and O–H groups in total. The van der Waals surface area contributed by atoms with Gasteiger partial charge >= 0.3 is 0 Å². The quantitative estimate of drug-likeness (QED) is 0.910. The molecule has 1 aromatic carbocycles. The maximum Gasteiger partial charge on any atom is 0.233 e. The largest absolute Gasteiger partial charge is 0.480 e. The van der Waals surface area contributed by atoms with Gasteiger partial charge in [-0.2, -0.15) is 0 Å². The van der Waals surface area contributed by atoms with Crippen molar-refractivity contribution in [3.63, 3.8) is 0 Å². The molecule has 3 rings (SSSR count). The van der Waals surface area contributed by atoms with E-state index in [0.717, 1.165) is 30.8 Å². The number of anilines is 1. The summed E-state index contributed by atoms with van der Waals surface area (Å²) >= 11 is 0. The number of rotatable bonds is 5. The minimum absolute atomic E-state index is 0.0219. The van der Waals surface area contributed by atoms with Crippen LogP contribution < -0.4 is 15.0 Å². The summed E-state index contributed by atoms with van der Waals surface area (Å²) in [6.45, 7) is 2.13. The topological polar surface area (TPSA) is 67.3 Å². The van der Waals surface area contributed by atoms with Crippen LogP contribution in [0.2, 0.25) is 0 Å². The molecule has 0 saturated carbocycles. The number of carbonyl (C=O) groups is 1. The first-order valence-corrected chi connectivity index (χ1v) is 8.20. The van der Waals surface area contributed by atoms with E-state index in [1.165, 1.54) is 0 Å². The third-order valence-electron chi connectivity index (χ3n) is 4.26. The summed E-state index contributed by atoms with van der Waals surface area (Å²) in [5.41, 5.74) is 1.11. The Bertz CT molecular complexity index is 660. The van der Waals surface area contributed by atoms with E-state index in [4.69, 9.17) is 4.74 Å². The van der Waals surface area contributed by atoms with Crippen LogP contribution in [0.15, 0.2) is 42.5 Å². The van der Waals surface area contributed by atoms with Gasteiger partial charge in [0.25, 0.3) is 0 Å². The van der Waals surface area contributed by atoms with E-state index in [1.54, 1.807) is 13.2 Å². The molecule has 1 amide bonds. The number of nitrogens with one attached hydrogen (secondary N) is 1.